The first-order chi connectivity index (χ1) is 13.0. The zero-order valence-electron chi connectivity index (χ0n) is 15.0. The summed E-state index contributed by atoms with van der Waals surface area (Å²) in [5.74, 6) is 1.49. The summed E-state index contributed by atoms with van der Waals surface area (Å²) in [4.78, 5) is 21.0. The zero-order valence-corrected chi connectivity index (χ0v) is 15.7. The maximum absolute atomic E-state index is 12.5. The van der Waals surface area contributed by atoms with E-state index < -0.39 is 0 Å². The molecule has 0 aliphatic rings. The molecule has 3 rings (SSSR count). The van der Waals surface area contributed by atoms with Crippen LogP contribution in [0.15, 0.2) is 54.6 Å². The number of aryl methyl sites for hydroxylation is 1. The number of amides is 1. The Morgan fingerprint density at radius 1 is 1.11 bits per heavy atom. The van der Waals surface area contributed by atoms with Crippen molar-refractivity contribution in [2.75, 3.05) is 12.4 Å². The molecule has 0 aliphatic carbocycles. The van der Waals surface area contributed by atoms with Gasteiger partial charge in [-0.15, -0.1) is 0 Å². The van der Waals surface area contributed by atoms with Gasteiger partial charge in [0.2, 0.25) is 0 Å². The molecule has 27 heavy (non-hydrogen) atoms. The summed E-state index contributed by atoms with van der Waals surface area (Å²) in [6.45, 7) is 2.13. The van der Waals surface area contributed by atoms with Gasteiger partial charge < -0.3 is 15.4 Å². The molecule has 0 fully saturated rings. The van der Waals surface area contributed by atoms with E-state index >= 15 is 0 Å². The molecule has 1 amide bonds. The minimum atomic E-state index is -0.274. The lowest BCUT2D eigenvalue weighted by atomic mass is 10.2. The molecule has 1 heterocycles. The lowest BCUT2D eigenvalue weighted by Gasteiger charge is -2.10. The van der Waals surface area contributed by atoms with Crippen LogP contribution in [0, 0.1) is 6.92 Å². The van der Waals surface area contributed by atoms with Crippen LogP contribution in [-0.2, 0) is 6.54 Å². The predicted octanol–water partition coefficient (Wildman–Crippen LogP) is 4.12. The van der Waals surface area contributed by atoms with Crippen molar-refractivity contribution in [2.24, 2.45) is 0 Å². The quantitative estimate of drug-likeness (QED) is 0.670. The van der Waals surface area contributed by atoms with Crippen molar-refractivity contribution in [1.29, 1.82) is 0 Å². The number of carbonyl (C=O) groups is 1. The molecule has 2 aromatic carbocycles. The van der Waals surface area contributed by atoms with Crippen molar-refractivity contribution in [2.45, 2.75) is 13.5 Å². The zero-order chi connectivity index (χ0) is 19.2. The second-order valence-electron chi connectivity index (χ2n) is 5.85. The smallest absolute Gasteiger partial charge is 0.270 e. The summed E-state index contributed by atoms with van der Waals surface area (Å²) in [5.41, 5.74) is 2.05. The highest BCUT2D eigenvalue weighted by atomic mass is 35.5. The number of anilines is 2. The molecule has 6 nitrogen and oxygen atoms in total. The number of benzene rings is 2. The molecule has 0 bridgehead atoms. The van der Waals surface area contributed by atoms with Gasteiger partial charge in [-0.05, 0) is 36.8 Å². The number of hydrogen-bond donors (Lipinski definition) is 2. The molecule has 138 valence electrons. The molecular formula is C20H19ClN4O2. The standard InChI is InChI=1S/C20H19ClN4O2/c1-13-23-18(20(26)22-12-14-6-8-15(21)9-7-14)11-19(24-13)25-16-4-3-5-17(10-16)27-2/h3-11H,12H2,1-2H3,(H,22,26)(H,23,24,25). The van der Waals surface area contributed by atoms with Crippen LogP contribution in [0.2, 0.25) is 5.02 Å². The fourth-order valence-corrected chi connectivity index (χ4v) is 2.60. The lowest BCUT2D eigenvalue weighted by molar-refractivity contribution is 0.0945. The molecule has 0 aliphatic heterocycles. The van der Waals surface area contributed by atoms with E-state index in [2.05, 4.69) is 20.6 Å². The van der Waals surface area contributed by atoms with Gasteiger partial charge in [-0.2, -0.15) is 0 Å². The van der Waals surface area contributed by atoms with Gasteiger partial charge >= 0.3 is 0 Å². The molecular weight excluding hydrogens is 364 g/mol. The van der Waals surface area contributed by atoms with E-state index in [1.54, 1.807) is 32.2 Å². The molecule has 3 aromatic rings. The molecule has 0 atom stereocenters. The average Bonchev–Trinajstić information content (AvgIpc) is 2.67. The third-order valence-electron chi connectivity index (χ3n) is 3.78. The largest absolute Gasteiger partial charge is 0.497 e. The van der Waals surface area contributed by atoms with Gasteiger partial charge in [-0.25, -0.2) is 9.97 Å². The summed E-state index contributed by atoms with van der Waals surface area (Å²) < 4.78 is 5.21. The average molecular weight is 383 g/mol. The summed E-state index contributed by atoms with van der Waals surface area (Å²) in [6, 6.07) is 16.4. The van der Waals surface area contributed by atoms with E-state index in [0.29, 0.717) is 28.9 Å². The Morgan fingerprint density at radius 3 is 2.63 bits per heavy atom. The second kappa shape index (κ2) is 8.51. The highest BCUT2D eigenvalue weighted by Gasteiger charge is 2.11. The number of methoxy groups -OCH3 is 1. The lowest BCUT2D eigenvalue weighted by Crippen LogP contribution is -2.24. The van der Waals surface area contributed by atoms with E-state index in [4.69, 9.17) is 16.3 Å². The number of aromatic nitrogens is 2. The van der Waals surface area contributed by atoms with E-state index in [0.717, 1.165) is 17.0 Å². The van der Waals surface area contributed by atoms with Crippen LogP contribution in [0.1, 0.15) is 21.9 Å². The maximum Gasteiger partial charge on any atom is 0.270 e. The Hall–Kier alpha value is -3.12. The Balaban J connectivity index is 1.71. The Morgan fingerprint density at radius 2 is 1.89 bits per heavy atom. The Labute approximate surface area is 162 Å². The summed E-state index contributed by atoms with van der Waals surface area (Å²) in [5, 5.41) is 6.68. The molecule has 7 heteroatoms. The van der Waals surface area contributed by atoms with Gasteiger partial charge in [-0.1, -0.05) is 29.8 Å². The minimum Gasteiger partial charge on any atom is -0.497 e. The van der Waals surface area contributed by atoms with Crippen LogP contribution in [0.4, 0.5) is 11.5 Å². The van der Waals surface area contributed by atoms with E-state index in [1.807, 2.05) is 36.4 Å². The van der Waals surface area contributed by atoms with Crippen molar-refractivity contribution in [3.63, 3.8) is 0 Å². The number of ether oxygens (including phenoxy) is 1. The van der Waals surface area contributed by atoms with Crippen LogP contribution in [0.5, 0.6) is 5.75 Å². The van der Waals surface area contributed by atoms with Crippen LogP contribution in [0.3, 0.4) is 0 Å². The van der Waals surface area contributed by atoms with Crippen molar-refractivity contribution < 1.29 is 9.53 Å². The van der Waals surface area contributed by atoms with Crippen LogP contribution < -0.4 is 15.4 Å². The van der Waals surface area contributed by atoms with Crippen molar-refractivity contribution in [1.82, 2.24) is 15.3 Å². The van der Waals surface area contributed by atoms with E-state index in [-0.39, 0.29) is 5.91 Å². The third kappa shape index (κ3) is 5.18. The third-order valence-corrected chi connectivity index (χ3v) is 4.03. The van der Waals surface area contributed by atoms with Gasteiger partial charge in [0.25, 0.3) is 5.91 Å². The van der Waals surface area contributed by atoms with Crippen molar-refractivity contribution >= 4 is 29.0 Å². The molecule has 2 N–H and O–H groups in total. The molecule has 0 radical (unpaired) electrons. The SMILES string of the molecule is COc1cccc(Nc2cc(C(=O)NCc3ccc(Cl)cc3)nc(C)n2)c1. The molecule has 0 unspecified atom stereocenters. The van der Waals surface area contributed by atoms with E-state index in [1.165, 1.54) is 0 Å². The van der Waals surface area contributed by atoms with Gasteiger partial charge in [0, 0.05) is 29.4 Å². The number of halogens is 1. The van der Waals surface area contributed by atoms with Gasteiger partial charge in [0.1, 0.15) is 23.1 Å². The molecule has 0 spiro atoms. The fraction of sp³-hybridized carbons (Fsp3) is 0.150. The molecule has 0 saturated carbocycles. The summed E-state index contributed by atoms with van der Waals surface area (Å²) >= 11 is 5.87. The number of carbonyl (C=O) groups excluding carboxylic acids is 1. The van der Waals surface area contributed by atoms with Crippen LogP contribution in [0.25, 0.3) is 0 Å². The van der Waals surface area contributed by atoms with Crippen molar-refractivity contribution in [3.8, 4) is 5.75 Å². The maximum atomic E-state index is 12.5. The normalized spacial score (nSPS) is 10.3. The van der Waals surface area contributed by atoms with Gasteiger partial charge in [-0.3, -0.25) is 4.79 Å². The summed E-state index contributed by atoms with van der Waals surface area (Å²) in [7, 11) is 1.61. The number of hydrogen-bond acceptors (Lipinski definition) is 5. The van der Waals surface area contributed by atoms with E-state index in [9.17, 15) is 4.79 Å². The Kier molecular flexibility index (Phi) is 5.88. The van der Waals surface area contributed by atoms with Crippen LogP contribution in [-0.4, -0.2) is 23.0 Å². The first-order valence-electron chi connectivity index (χ1n) is 8.33. The fourth-order valence-electron chi connectivity index (χ4n) is 2.47. The number of nitrogens with one attached hydrogen (secondary N) is 2. The molecule has 0 saturated heterocycles. The first-order valence-corrected chi connectivity index (χ1v) is 8.71. The van der Waals surface area contributed by atoms with Crippen LogP contribution >= 0.6 is 11.6 Å². The highest BCUT2D eigenvalue weighted by molar-refractivity contribution is 6.30. The first kappa shape index (κ1) is 18.7. The molecule has 1 aromatic heterocycles. The summed E-state index contributed by atoms with van der Waals surface area (Å²) in [6.07, 6.45) is 0. The minimum absolute atomic E-state index is 0.274. The van der Waals surface area contributed by atoms with Gasteiger partial charge in [0.15, 0.2) is 0 Å². The Bertz CT molecular complexity index is 945. The highest BCUT2D eigenvalue weighted by Crippen LogP contribution is 2.20. The van der Waals surface area contributed by atoms with Crippen molar-refractivity contribution in [3.05, 3.63) is 76.7 Å². The number of nitrogens with zero attached hydrogens (tertiary/aromatic N) is 2. The monoisotopic (exact) mass is 382 g/mol. The predicted molar refractivity (Wildman–Crippen MR) is 106 cm³/mol. The van der Waals surface area contributed by atoms with Gasteiger partial charge in [0.05, 0.1) is 7.11 Å². The topological polar surface area (TPSA) is 76.1 Å². The number of rotatable bonds is 6. The second-order valence-corrected chi connectivity index (χ2v) is 6.29.